The molecule has 0 bridgehead atoms. The fraction of sp³-hybridized carbons (Fsp3) is 1.00. The Morgan fingerprint density at radius 1 is 0.818 bits per heavy atom. The molecule has 4 N–H and O–H groups in total. The van der Waals surface area contributed by atoms with Gasteiger partial charge in [-0.25, -0.2) is 0 Å². The predicted molar refractivity (Wildman–Crippen MR) is 36.5 cm³/mol. The lowest BCUT2D eigenvalue weighted by atomic mass is 10.4. The molecule has 0 aromatic heterocycles. The van der Waals surface area contributed by atoms with E-state index in [2.05, 4.69) is 0 Å². The van der Waals surface area contributed by atoms with Crippen LogP contribution in [0.2, 0.25) is 0 Å². The number of aliphatic hydroxyl groups is 4. The number of hydrogen-bond acceptors (Lipinski definition) is 5. The quantitative estimate of drug-likeness (QED) is 0.282. The van der Waals surface area contributed by atoms with Crippen molar-refractivity contribution >= 4 is 0 Å². The van der Waals surface area contributed by atoms with Crippen molar-refractivity contribution in [3.05, 3.63) is 0 Å². The molecule has 5 heteroatoms. The van der Waals surface area contributed by atoms with Crippen LogP contribution in [0.4, 0.5) is 0 Å². The molecule has 11 heavy (non-hydrogen) atoms. The molecule has 0 heterocycles. The lowest BCUT2D eigenvalue weighted by Gasteiger charge is -2.05. The zero-order valence-electron chi connectivity index (χ0n) is 6.18. The van der Waals surface area contributed by atoms with Crippen molar-refractivity contribution in [2.45, 2.75) is 25.4 Å². The van der Waals surface area contributed by atoms with Crippen LogP contribution in [0.25, 0.3) is 0 Å². The summed E-state index contributed by atoms with van der Waals surface area (Å²) in [5.74, 6) is 0. The Morgan fingerprint density at radius 3 is 1.45 bits per heavy atom. The van der Waals surface area contributed by atoms with E-state index in [1.54, 1.807) is 0 Å². The summed E-state index contributed by atoms with van der Waals surface area (Å²) in [6, 6.07) is 0. The van der Waals surface area contributed by atoms with Gasteiger partial charge >= 0.3 is 0 Å². The first-order chi connectivity index (χ1) is 5.13. The molecule has 0 unspecified atom stereocenters. The summed E-state index contributed by atoms with van der Waals surface area (Å²) in [6.07, 6.45) is -2.42. The first kappa shape index (κ1) is 10.8. The van der Waals surface area contributed by atoms with E-state index in [0.29, 0.717) is 0 Å². The van der Waals surface area contributed by atoms with Gasteiger partial charge in [-0.05, 0) is 0 Å². The maximum atomic E-state index is 8.34. The fourth-order valence-electron chi connectivity index (χ4n) is 0.480. The largest absolute Gasteiger partial charge is 0.381 e. The molecule has 0 rings (SSSR count). The Kier molecular flexibility index (Phi) is 6.39. The molecule has 0 spiro atoms. The summed E-state index contributed by atoms with van der Waals surface area (Å²) in [5, 5.41) is 33.4. The van der Waals surface area contributed by atoms with Gasteiger partial charge in [-0.2, -0.15) is 0 Å². The normalized spacial score (nSPS) is 11.5. The molecule has 0 amide bonds. The monoisotopic (exact) mass is 166 g/mol. The van der Waals surface area contributed by atoms with Crippen molar-refractivity contribution < 1.29 is 25.2 Å². The van der Waals surface area contributed by atoms with E-state index in [1.807, 2.05) is 0 Å². The highest BCUT2D eigenvalue weighted by atomic mass is 16.5. The fourth-order valence-corrected chi connectivity index (χ4v) is 0.480. The second kappa shape index (κ2) is 6.51. The molecule has 0 aromatic carbocycles. The minimum absolute atomic E-state index is 0.140. The van der Waals surface area contributed by atoms with Crippen LogP contribution in [-0.4, -0.2) is 46.2 Å². The van der Waals surface area contributed by atoms with Crippen LogP contribution in [0.15, 0.2) is 0 Å². The van der Waals surface area contributed by atoms with Gasteiger partial charge in [-0.1, -0.05) is 0 Å². The Labute approximate surface area is 64.9 Å². The van der Waals surface area contributed by atoms with Crippen molar-refractivity contribution in [3.8, 4) is 0 Å². The topological polar surface area (TPSA) is 90.2 Å². The average Bonchev–Trinajstić information content (AvgIpc) is 1.85. The average molecular weight is 166 g/mol. The van der Waals surface area contributed by atoms with Gasteiger partial charge in [0.2, 0.25) is 0 Å². The maximum absolute atomic E-state index is 8.34. The van der Waals surface area contributed by atoms with Crippen LogP contribution in [0, 0.1) is 0 Å². The Balaban J connectivity index is 2.91. The van der Waals surface area contributed by atoms with Crippen molar-refractivity contribution in [3.63, 3.8) is 0 Å². The molecular weight excluding hydrogens is 152 g/mol. The lowest BCUT2D eigenvalue weighted by Crippen LogP contribution is -2.12. The van der Waals surface area contributed by atoms with E-state index in [1.165, 1.54) is 0 Å². The number of ether oxygens (including phenoxy) is 1. The molecular formula is C6H14O5. The Morgan fingerprint density at radius 2 is 1.18 bits per heavy atom. The van der Waals surface area contributed by atoms with Gasteiger partial charge in [-0.3, -0.25) is 0 Å². The molecule has 0 aliphatic carbocycles. The van der Waals surface area contributed by atoms with E-state index in [0.717, 1.165) is 0 Å². The van der Waals surface area contributed by atoms with Crippen LogP contribution < -0.4 is 0 Å². The van der Waals surface area contributed by atoms with Crippen molar-refractivity contribution in [1.82, 2.24) is 0 Å². The van der Waals surface area contributed by atoms with Gasteiger partial charge in [0.1, 0.15) is 0 Å². The Bertz CT molecular complexity index is 73.0. The third-order valence-corrected chi connectivity index (χ3v) is 1.04. The summed E-state index contributed by atoms with van der Waals surface area (Å²) in [7, 11) is 0. The SMILES string of the molecule is OC(O)CCOCCC(O)O. The van der Waals surface area contributed by atoms with Crippen molar-refractivity contribution in [2.24, 2.45) is 0 Å². The first-order valence-electron chi connectivity index (χ1n) is 3.43. The van der Waals surface area contributed by atoms with E-state index >= 15 is 0 Å². The zero-order chi connectivity index (χ0) is 8.69. The van der Waals surface area contributed by atoms with Gasteiger partial charge in [0, 0.05) is 12.8 Å². The Hall–Kier alpha value is -0.200. The summed E-state index contributed by atoms with van der Waals surface area (Å²) in [6.45, 7) is 0.425. The summed E-state index contributed by atoms with van der Waals surface area (Å²) < 4.78 is 4.82. The van der Waals surface area contributed by atoms with E-state index < -0.39 is 12.6 Å². The highest BCUT2D eigenvalue weighted by molar-refractivity contribution is 4.39. The van der Waals surface area contributed by atoms with Gasteiger partial charge in [-0.15, -0.1) is 0 Å². The molecule has 0 aromatic rings. The minimum atomic E-state index is -1.35. The molecule has 0 radical (unpaired) electrons. The van der Waals surface area contributed by atoms with Crippen LogP contribution in [0.3, 0.4) is 0 Å². The second-order valence-electron chi connectivity index (χ2n) is 2.15. The molecule has 68 valence electrons. The maximum Gasteiger partial charge on any atom is 0.153 e. The van der Waals surface area contributed by atoms with Crippen LogP contribution in [0.1, 0.15) is 12.8 Å². The molecule has 0 aliphatic heterocycles. The summed E-state index contributed by atoms with van der Waals surface area (Å²) in [5.41, 5.74) is 0. The number of hydrogen-bond donors (Lipinski definition) is 4. The van der Waals surface area contributed by atoms with Crippen LogP contribution in [-0.2, 0) is 4.74 Å². The zero-order valence-corrected chi connectivity index (χ0v) is 6.18. The number of rotatable bonds is 6. The molecule has 0 atom stereocenters. The van der Waals surface area contributed by atoms with Crippen molar-refractivity contribution in [2.75, 3.05) is 13.2 Å². The third-order valence-electron chi connectivity index (χ3n) is 1.04. The van der Waals surface area contributed by atoms with Gasteiger partial charge in [0.15, 0.2) is 12.6 Å². The highest BCUT2D eigenvalue weighted by Crippen LogP contribution is 1.91. The van der Waals surface area contributed by atoms with Crippen LogP contribution in [0.5, 0.6) is 0 Å². The molecule has 5 nitrogen and oxygen atoms in total. The van der Waals surface area contributed by atoms with Gasteiger partial charge in [0.05, 0.1) is 13.2 Å². The van der Waals surface area contributed by atoms with Gasteiger partial charge in [0.25, 0.3) is 0 Å². The predicted octanol–water partition coefficient (Wildman–Crippen LogP) is -1.60. The van der Waals surface area contributed by atoms with E-state index in [9.17, 15) is 0 Å². The van der Waals surface area contributed by atoms with Gasteiger partial charge < -0.3 is 25.2 Å². The summed E-state index contributed by atoms with van der Waals surface area (Å²) >= 11 is 0. The standard InChI is InChI=1S/C6H14O5/c7-5(8)1-3-11-4-2-6(9)10/h5-10H,1-4H2. The molecule has 0 saturated carbocycles. The second-order valence-corrected chi connectivity index (χ2v) is 2.15. The minimum Gasteiger partial charge on any atom is -0.381 e. The van der Waals surface area contributed by atoms with Crippen molar-refractivity contribution in [1.29, 1.82) is 0 Å². The lowest BCUT2D eigenvalue weighted by molar-refractivity contribution is -0.0769. The smallest absolute Gasteiger partial charge is 0.153 e. The first-order valence-corrected chi connectivity index (χ1v) is 3.43. The summed E-state index contributed by atoms with van der Waals surface area (Å²) in [4.78, 5) is 0. The highest BCUT2D eigenvalue weighted by Gasteiger charge is 1.98. The molecule has 0 aliphatic rings. The van der Waals surface area contributed by atoms with Crippen LogP contribution >= 0.6 is 0 Å². The molecule has 0 fully saturated rings. The number of aliphatic hydroxyl groups excluding tert-OH is 2. The third kappa shape index (κ3) is 9.80. The van der Waals surface area contributed by atoms with E-state index in [-0.39, 0.29) is 26.1 Å². The molecule has 0 saturated heterocycles. The van der Waals surface area contributed by atoms with E-state index in [4.69, 9.17) is 25.2 Å².